The topological polar surface area (TPSA) is 75.7 Å². The van der Waals surface area contributed by atoms with Crippen molar-refractivity contribution in [1.82, 2.24) is 9.62 Å². The minimum atomic E-state index is -3.80. The largest absolute Gasteiger partial charge is 0.496 e. The van der Waals surface area contributed by atoms with E-state index >= 15 is 0 Å². The SMILES string of the molecule is COc1ccc(S(=O)(=O)N(C)Cc2cccc(Cl)c2)cc1C(=O)NC(C)C. The second-order valence-corrected chi connectivity index (χ2v) is 8.86. The van der Waals surface area contributed by atoms with E-state index < -0.39 is 15.9 Å². The van der Waals surface area contributed by atoms with Gasteiger partial charge in [-0.05, 0) is 49.7 Å². The van der Waals surface area contributed by atoms with Gasteiger partial charge in [-0.25, -0.2) is 8.42 Å². The third-order valence-electron chi connectivity index (χ3n) is 3.84. The van der Waals surface area contributed by atoms with Gasteiger partial charge < -0.3 is 10.1 Å². The van der Waals surface area contributed by atoms with Crippen LogP contribution in [0.5, 0.6) is 5.75 Å². The summed E-state index contributed by atoms with van der Waals surface area (Å²) < 4.78 is 32.3. The molecular formula is C19H23ClN2O4S. The van der Waals surface area contributed by atoms with Gasteiger partial charge in [-0.1, -0.05) is 23.7 Å². The van der Waals surface area contributed by atoms with Crippen LogP contribution in [0.1, 0.15) is 29.8 Å². The molecule has 0 bridgehead atoms. The van der Waals surface area contributed by atoms with Crippen molar-refractivity contribution in [1.29, 1.82) is 0 Å². The Morgan fingerprint density at radius 2 is 1.93 bits per heavy atom. The average Bonchev–Trinajstić information content (AvgIpc) is 2.60. The maximum Gasteiger partial charge on any atom is 0.255 e. The summed E-state index contributed by atoms with van der Waals surface area (Å²) in [6.07, 6.45) is 0. The lowest BCUT2D eigenvalue weighted by Crippen LogP contribution is -2.31. The zero-order valence-electron chi connectivity index (χ0n) is 15.7. The highest BCUT2D eigenvalue weighted by molar-refractivity contribution is 7.89. The first-order valence-corrected chi connectivity index (χ1v) is 10.2. The molecule has 0 heterocycles. The molecule has 0 aliphatic heterocycles. The predicted molar refractivity (Wildman–Crippen MR) is 106 cm³/mol. The van der Waals surface area contributed by atoms with Gasteiger partial charge in [0.2, 0.25) is 10.0 Å². The minimum Gasteiger partial charge on any atom is -0.496 e. The molecule has 0 radical (unpaired) electrons. The number of halogens is 1. The average molecular weight is 411 g/mol. The monoisotopic (exact) mass is 410 g/mol. The van der Waals surface area contributed by atoms with Crippen LogP contribution >= 0.6 is 11.6 Å². The smallest absolute Gasteiger partial charge is 0.255 e. The first-order valence-electron chi connectivity index (χ1n) is 8.35. The second kappa shape index (κ2) is 8.73. The number of hydrogen-bond acceptors (Lipinski definition) is 4. The van der Waals surface area contributed by atoms with Gasteiger partial charge in [0.05, 0.1) is 17.6 Å². The molecule has 0 saturated carbocycles. The fourth-order valence-corrected chi connectivity index (χ4v) is 3.92. The van der Waals surface area contributed by atoms with Crippen LogP contribution in [0.2, 0.25) is 5.02 Å². The van der Waals surface area contributed by atoms with Crippen LogP contribution < -0.4 is 10.1 Å². The number of ether oxygens (including phenoxy) is 1. The van der Waals surface area contributed by atoms with Crippen LogP contribution in [-0.4, -0.2) is 38.8 Å². The predicted octanol–water partition coefficient (Wildman–Crippen LogP) is 3.31. The van der Waals surface area contributed by atoms with E-state index in [0.717, 1.165) is 5.56 Å². The Morgan fingerprint density at radius 1 is 1.22 bits per heavy atom. The molecule has 0 aliphatic carbocycles. The number of methoxy groups -OCH3 is 1. The first kappa shape index (κ1) is 21.2. The van der Waals surface area contributed by atoms with Crippen molar-refractivity contribution < 1.29 is 17.9 Å². The molecular weight excluding hydrogens is 388 g/mol. The number of amides is 1. The molecule has 27 heavy (non-hydrogen) atoms. The number of nitrogens with zero attached hydrogens (tertiary/aromatic N) is 1. The highest BCUT2D eigenvalue weighted by Gasteiger charge is 2.24. The summed E-state index contributed by atoms with van der Waals surface area (Å²) in [5, 5.41) is 3.28. The number of sulfonamides is 1. The Morgan fingerprint density at radius 3 is 2.52 bits per heavy atom. The van der Waals surface area contributed by atoms with Crippen molar-refractivity contribution in [2.75, 3.05) is 14.2 Å². The van der Waals surface area contributed by atoms with Crippen LogP contribution in [0.4, 0.5) is 0 Å². The highest BCUT2D eigenvalue weighted by Crippen LogP contribution is 2.25. The summed E-state index contributed by atoms with van der Waals surface area (Å²) in [7, 11) is -0.893. The number of carbonyl (C=O) groups is 1. The molecule has 0 saturated heterocycles. The van der Waals surface area contributed by atoms with Gasteiger partial charge >= 0.3 is 0 Å². The van der Waals surface area contributed by atoms with E-state index in [2.05, 4.69) is 5.32 Å². The number of rotatable bonds is 7. The molecule has 8 heteroatoms. The molecule has 1 amide bonds. The summed E-state index contributed by atoms with van der Waals surface area (Å²) in [6, 6.07) is 11.1. The van der Waals surface area contributed by atoms with E-state index in [1.54, 1.807) is 24.3 Å². The Hall–Kier alpha value is -2.09. The van der Waals surface area contributed by atoms with Crippen molar-refractivity contribution in [3.05, 3.63) is 58.6 Å². The van der Waals surface area contributed by atoms with E-state index in [4.69, 9.17) is 16.3 Å². The Balaban J connectivity index is 2.35. The zero-order chi connectivity index (χ0) is 20.2. The maximum absolute atomic E-state index is 12.9. The third-order valence-corrected chi connectivity index (χ3v) is 5.87. The van der Waals surface area contributed by atoms with Gasteiger partial charge in [-0.15, -0.1) is 0 Å². The molecule has 2 rings (SSSR count). The summed E-state index contributed by atoms with van der Waals surface area (Å²) >= 11 is 5.96. The van der Waals surface area contributed by atoms with E-state index in [1.807, 2.05) is 13.8 Å². The molecule has 6 nitrogen and oxygen atoms in total. The van der Waals surface area contributed by atoms with Gasteiger partial charge in [-0.3, -0.25) is 4.79 Å². The molecule has 0 unspecified atom stereocenters. The van der Waals surface area contributed by atoms with Crippen molar-refractivity contribution in [2.24, 2.45) is 0 Å². The van der Waals surface area contributed by atoms with Gasteiger partial charge in [-0.2, -0.15) is 4.31 Å². The summed E-state index contributed by atoms with van der Waals surface area (Å²) in [4.78, 5) is 12.4. The Kier molecular flexibility index (Phi) is 6.86. The van der Waals surface area contributed by atoms with E-state index in [9.17, 15) is 13.2 Å². The summed E-state index contributed by atoms with van der Waals surface area (Å²) in [5.74, 6) is -0.0824. The molecule has 1 N–H and O–H groups in total. The Labute approximate surface area is 165 Å². The van der Waals surface area contributed by atoms with E-state index in [-0.39, 0.29) is 23.0 Å². The van der Waals surface area contributed by atoms with Crippen molar-refractivity contribution in [2.45, 2.75) is 31.3 Å². The standard InChI is InChI=1S/C19H23ClN2O4S/c1-13(2)21-19(23)17-11-16(8-9-18(17)26-4)27(24,25)22(3)12-14-6-5-7-15(20)10-14/h5-11,13H,12H2,1-4H3,(H,21,23). The molecule has 0 atom stereocenters. The number of carbonyl (C=O) groups excluding carboxylic acids is 1. The van der Waals surface area contributed by atoms with E-state index in [0.29, 0.717) is 10.8 Å². The molecule has 146 valence electrons. The van der Waals surface area contributed by atoms with Crippen molar-refractivity contribution in [3.8, 4) is 5.75 Å². The first-order chi connectivity index (χ1) is 12.6. The molecule has 0 spiro atoms. The highest BCUT2D eigenvalue weighted by atomic mass is 35.5. The Bertz CT molecular complexity index is 929. The van der Waals surface area contributed by atoms with Crippen LogP contribution in [0.25, 0.3) is 0 Å². The number of benzene rings is 2. The molecule has 2 aromatic rings. The zero-order valence-corrected chi connectivity index (χ0v) is 17.3. The molecule has 0 aromatic heterocycles. The lowest BCUT2D eigenvalue weighted by atomic mass is 10.2. The summed E-state index contributed by atoms with van der Waals surface area (Å²) in [6.45, 7) is 3.80. The van der Waals surface area contributed by atoms with Crippen LogP contribution in [0.3, 0.4) is 0 Å². The van der Waals surface area contributed by atoms with Gasteiger partial charge in [0, 0.05) is 24.7 Å². The summed E-state index contributed by atoms with van der Waals surface area (Å²) in [5.41, 5.74) is 0.934. The third kappa shape index (κ3) is 5.22. The second-order valence-electron chi connectivity index (χ2n) is 6.38. The van der Waals surface area contributed by atoms with Crippen LogP contribution in [0, 0.1) is 0 Å². The fourth-order valence-electron chi connectivity index (χ4n) is 2.52. The molecule has 0 aliphatic rings. The van der Waals surface area contributed by atoms with Crippen LogP contribution in [0.15, 0.2) is 47.4 Å². The van der Waals surface area contributed by atoms with Gasteiger partial charge in [0.15, 0.2) is 0 Å². The fraction of sp³-hybridized carbons (Fsp3) is 0.316. The maximum atomic E-state index is 12.9. The van der Waals surface area contributed by atoms with Crippen molar-refractivity contribution in [3.63, 3.8) is 0 Å². The minimum absolute atomic E-state index is 0.0155. The lowest BCUT2D eigenvalue weighted by molar-refractivity contribution is 0.0940. The quantitative estimate of drug-likeness (QED) is 0.759. The lowest BCUT2D eigenvalue weighted by Gasteiger charge is -2.19. The van der Waals surface area contributed by atoms with Crippen molar-refractivity contribution >= 4 is 27.5 Å². The van der Waals surface area contributed by atoms with E-state index in [1.165, 1.54) is 36.7 Å². The van der Waals surface area contributed by atoms with Crippen LogP contribution in [-0.2, 0) is 16.6 Å². The normalized spacial score (nSPS) is 11.7. The molecule has 2 aromatic carbocycles. The number of hydrogen-bond donors (Lipinski definition) is 1. The van der Waals surface area contributed by atoms with Gasteiger partial charge in [0.25, 0.3) is 5.91 Å². The van der Waals surface area contributed by atoms with Gasteiger partial charge in [0.1, 0.15) is 5.75 Å². The number of nitrogens with one attached hydrogen (secondary N) is 1. The molecule has 0 fully saturated rings.